The van der Waals surface area contributed by atoms with Crippen LogP contribution in [0.4, 0.5) is 0 Å². The van der Waals surface area contributed by atoms with E-state index >= 15 is 0 Å². The number of carbonyl (C=O) groups is 1. The van der Waals surface area contributed by atoms with Crippen LogP contribution in [0, 0.1) is 6.92 Å². The number of aromatic nitrogens is 3. The van der Waals surface area contributed by atoms with Crippen LogP contribution in [0.5, 0.6) is 5.88 Å². The van der Waals surface area contributed by atoms with Gasteiger partial charge < -0.3 is 19.1 Å². The van der Waals surface area contributed by atoms with Gasteiger partial charge in [0.15, 0.2) is 0 Å². The lowest BCUT2D eigenvalue weighted by Crippen LogP contribution is -2.33. The molecule has 0 unspecified atom stereocenters. The molecule has 2 aliphatic rings. The second-order valence-corrected chi connectivity index (χ2v) is 10.8. The lowest BCUT2D eigenvalue weighted by Gasteiger charge is -2.29. The highest BCUT2D eigenvalue weighted by Gasteiger charge is 2.25. The number of hydrogen-bond acceptors (Lipinski definition) is 6. The highest BCUT2D eigenvalue weighted by molar-refractivity contribution is 6.30. The number of aromatic carboxylic acids is 1. The van der Waals surface area contributed by atoms with Gasteiger partial charge in [0.05, 0.1) is 41.5 Å². The Labute approximate surface area is 237 Å². The molecule has 0 amide bonds. The highest BCUT2D eigenvalue weighted by Crippen LogP contribution is 2.28. The van der Waals surface area contributed by atoms with Gasteiger partial charge in [0.25, 0.3) is 0 Å². The topological polar surface area (TPSA) is 89.7 Å². The summed E-state index contributed by atoms with van der Waals surface area (Å²) in [5.74, 6) is 0.609. The molecule has 6 rings (SSSR count). The Bertz CT molecular complexity index is 1580. The Morgan fingerprint density at radius 1 is 1.15 bits per heavy atom. The number of nitrogens with zero attached hydrogens (tertiary/aromatic N) is 4. The van der Waals surface area contributed by atoms with Gasteiger partial charge >= 0.3 is 5.97 Å². The average molecular weight is 559 g/mol. The first-order chi connectivity index (χ1) is 19.4. The minimum absolute atomic E-state index is 0.136. The molecule has 0 radical (unpaired) electrons. The number of rotatable bonds is 9. The van der Waals surface area contributed by atoms with Gasteiger partial charge in [-0.1, -0.05) is 35.9 Å². The molecule has 0 bridgehead atoms. The lowest BCUT2D eigenvalue weighted by molar-refractivity contribution is -0.0592. The summed E-state index contributed by atoms with van der Waals surface area (Å²) in [4.78, 5) is 23.8. The smallest absolute Gasteiger partial charge is 0.336 e. The number of ether oxygens (including phenoxy) is 2. The minimum Gasteiger partial charge on any atom is -0.478 e. The molecule has 1 fully saturated rings. The van der Waals surface area contributed by atoms with E-state index in [0.29, 0.717) is 36.2 Å². The zero-order chi connectivity index (χ0) is 27.6. The minimum atomic E-state index is -0.921. The van der Waals surface area contributed by atoms with Crippen molar-refractivity contribution in [3.05, 3.63) is 93.9 Å². The molecule has 4 aromatic rings. The molecule has 0 aliphatic carbocycles. The van der Waals surface area contributed by atoms with Gasteiger partial charge in [-0.05, 0) is 66.8 Å². The monoisotopic (exact) mass is 558 g/mol. The summed E-state index contributed by atoms with van der Waals surface area (Å²) in [6.07, 6.45) is 4.23. The zero-order valence-corrected chi connectivity index (χ0v) is 23.1. The number of fused-ring (bicyclic) bond motifs is 1. The van der Waals surface area contributed by atoms with Crippen molar-refractivity contribution in [2.75, 3.05) is 19.7 Å². The van der Waals surface area contributed by atoms with E-state index in [4.69, 9.17) is 31.0 Å². The number of halogens is 1. The van der Waals surface area contributed by atoms with Gasteiger partial charge in [-0.2, -0.15) is 0 Å². The van der Waals surface area contributed by atoms with Crippen molar-refractivity contribution in [2.24, 2.45) is 0 Å². The molecular formula is C31H31ClN4O4. The van der Waals surface area contributed by atoms with Gasteiger partial charge in [0.2, 0.25) is 5.88 Å². The lowest BCUT2D eigenvalue weighted by atomic mass is 10.0. The molecule has 1 N–H and O–H groups in total. The molecule has 1 atom stereocenters. The third kappa shape index (κ3) is 5.61. The molecule has 206 valence electrons. The van der Waals surface area contributed by atoms with Crippen LogP contribution in [0.15, 0.2) is 60.7 Å². The Morgan fingerprint density at radius 2 is 1.98 bits per heavy atom. The number of imidazole rings is 1. The van der Waals surface area contributed by atoms with E-state index < -0.39 is 5.97 Å². The number of carboxylic acid groups (broad SMARTS) is 1. The molecule has 2 aromatic heterocycles. The van der Waals surface area contributed by atoms with Gasteiger partial charge in [-0.25, -0.2) is 14.8 Å². The summed E-state index contributed by atoms with van der Waals surface area (Å²) in [5.41, 5.74) is 5.93. The maximum absolute atomic E-state index is 11.8. The van der Waals surface area contributed by atoms with Crippen LogP contribution < -0.4 is 4.74 Å². The molecular weight excluding hydrogens is 528 g/mol. The molecule has 9 heteroatoms. The van der Waals surface area contributed by atoms with E-state index in [1.807, 2.05) is 55.5 Å². The van der Waals surface area contributed by atoms with Crippen molar-refractivity contribution in [1.29, 1.82) is 0 Å². The Balaban J connectivity index is 1.17. The first-order valence-corrected chi connectivity index (χ1v) is 13.9. The normalized spacial score (nSPS) is 17.4. The average Bonchev–Trinajstić information content (AvgIpc) is 3.28. The van der Waals surface area contributed by atoms with Crippen molar-refractivity contribution in [1.82, 2.24) is 19.4 Å². The summed E-state index contributed by atoms with van der Waals surface area (Å²) >= 11 is 5.98. The van der Waals surface area contributed by atoms with Gasteiger partial charge in [0, 0.05) is 30.8 Å². The Hall–Kier alpha value is -3.72. The Morgan fingerprint density at radius 3 is 2.67 bits per heavy atom. The number of benzene rings is 2. The summed E-state index contributed by atoms with van der Waals surface area (Å²) in [5, 5.41) is 10.4. The van der Waals surface area contributed by atoms with Crippen LogP contribution in [0.3, 0.4) is 0 Å². The van der Waals surface area contributed by atoms with Crippen LogP contribution in [-0.2, 0) is 24.4 Å². The van der Waals surface area contributed by atoms with Gasteiger partial charge in [0.1, 0.15) is 12.4 Å². The fourth-order valence-electron chi connectivity index (χ4n) is 5.33. The molecule has 2 aliphatic heterocycles. The molecule has 40 heavy (non-hydrogen) atoms. The summed E-state index contributed by atoms with van der Waals surface area (Å²) < 4.78 is 13.8. The largest absolute Gasteiger partial charge is 0.478 e. The molecule has 1 saturated heterocycles. The maximum atomic E-state index is 11.8. The fourth-order valence-corrected chi connectivity index (χ4v) is 5.45. The summed E-state index contributed by atoms with van der Waals surface area (Å²) in [6, 6.07) is 17.0. The molecule has 0 saturated carbocycles. The Kier molecular flexibility index (Phi) is 7.56. The fraction of sp³-hybridized carbons (Fsp3) is 0.323. The van der Waals surface area contributed by atoms with Crippen LogP contribution in [-0.4, -0.2) is 56.3 Å². The summed E-state index contributed by atoms with van der Waals surface area (Å²) in [7, 11) is 0. The van der Waals surface area contributed by atoms with Crippen molar-refractivity contribution < 1.29 is 19.4 Å². The van der Waals surface area contributed by atoms with Crippen molar-refractivity contribution in [3.8, 4) is 5.88 Å². The summed E-state index contributed by atoms with van der Waals surface area (Å²) in [6.45, 7) is 6.06. The predicted octanol–water partition coefficient (Wildman–Crippen LogP) is 5.75. The second-order valence-electron chi connectivity index (χ2n) is 10.3. The van der Waals surface area contributed by atoms with E-state index in [9.17, 15) is 9.90 Å². The maximum Gasteiger partial charge on any atom is 0.336 e. The quantitative estimate of drug-likeness (QED) is 0.280. The van der Waals surface area contributed by atoms with Gasteiger partial charge in [-0.15, -0.1) is 0 Å². The van der Waals surface area contributed by atoms with Crippen LogP contribution in [0.25, 0.3) is 16.6 Å². The molecule has 0 spiro atoms. The van der Waals surface area contributed by atoms with Crippen molar-refractivity contribution in [3.63, 3.8) is 0 Å². The third-order valence-electron chi connectivity index (χ3n) is 7.66. The van der Waals surface area contributed by atoms with Crippen LogP contribution >= 0.6 is 11.6 Å². The van der Waals surface area contributed by atoms with E-state index in [0.717, 1.165) is 66.2 Å². The van der Waals surface area contributed by atoms with Crippen LogP contribution in [0.2, 0.25) is 5.02 Å². The highest BCUT2D eigenvalue weighted by atomic mass is 35.5. The van der Waals surface area contributed by atoms with Crippen LogP contribution in [0.1, 0.15) is 45.8 Å². The predicted molar refractivity (Wildman–Crippen MR) is 154 cm³/mol. The van der Waals surface area contributed by atoms with Crippen molar-refractivity contribution in [2.45, 2.75) is 45.6 Å². The van der Waals surface area contributed by atoms with E-state index in [2.05, 4.69) is 15.5 Å². The van der Waals surface area contributed by atoms with E-state index in [1.54, 1.807) is 6.07 Å². The number of carboxylic acids is 1. The third-order valence-corrected chi connectivity index (χ3v) is 7.91. The second kappa shape index (κ2) is 11.4. The van der Waals surface area contributed by atoms with E-state index in [1.165, 1.54) is 5.57 Å². The standard InChI is InChI=1S/C31H31ClN4O4/c1-20-25(31(37)38)9-10-27-30(20)36(17-24-13-16-39-24)28(33-27)18-35-14-11-22(12-15-35)26-3-2-4-29(34-26)40-19-21-5-7-23(32)8-6-21/h2-11,24H,12-19H2,1H3,(H,37,38)/t24-/m0/s1. The molecule has 4 heterocycles. The molecule has 2 aromatic carbocycles. The first-order valence-electron chi connectivity index (χ1n) is 13.5. The first kappa shape index (κ1) is 26.5. The van der Waals surface area contributed by atoms with Gasteiger partial charge in [-0.3, -0.25) is 4.90 Å². The van der Waals surface area contributed by atoms with Crippen molar-refractivity contribution >= 4 is 34.2 Å². The number of aryl methyl sites for hydroxylation is 1. The number of pyridine rings is 1. The number of hydrogen-bond donors (Lipinski definition) is 1. The SMILES string of the molecule is Cc1c(C(=O)O)ccc2nc(CN3CC=C(c4cccc(OCc5ccc(Cl)cc5)n4)CC3)n(C[C@@H]3CCO3)c12. The molecule has 8 nitrogen and oxygen atoms in total. The zero-order valence-electron chi connectivity index (χ0n) is 22.3. The van der Waals surface area contributed by atoms with E-state index in [-0.39, 0.29) is 6.10 Å².